The predicted octanol–water partition coefficient (Wildman–Crippen LogP) is 4.70. The van der Waals surface area contributed by atoms with Gasteiger partial charge in [0.1, 0.15) is 0 Å². The van der Waals surface area contributed by atoms with Crippen molar-refractivity contribution in [1.29, 1.82) is 0 Å². The number of nitrogens with zero attached hydrogens (tertiary/aromatic N) is 2. The van der Waals surface area contributed by atoms with E-state index >= 15 is 0 Å². The summed E-state index contributed by atoms with van der Waals surface area (Å²) in [4.78, 5) is 17.5. The molecule has 1 fully saturated rings. The predicted molar refractivity (Wildman–Crippen MR) is 121 cm³/mol. The van der Waals surface area contributed by atoms with E-state index in [4.69, 9.17) is 0 Å². The maximum Gasteiger partial charge on any atom is 0.254 e. The Morgan fingerprint density at radius 1 is 0.931 bits per heavy atom. The van der Waals surface area contributed by atoms with Crippen molar-refractivity contribution in [3.05, 3.63) is 65.7 Å². The molecule has 1 amide bonds. The standard InChI is InChI=1S/C25H35N3O/c1-19(2)28(20(3)4)25(29)22-10-12-23(13-11-22)27(24-14-16-26-17-15-24)18-21-8-6-5-7-9-21/h5-13,19-20,24,26H,14-18H2,1-4H3. The van der Waals surface area contributed by atoms with Crippen LogP contribution in [0.4, 0.5) is 5.69 Å². The molecule has 0 aromatic heterocycles. The van der Waals surface area contributed by atoms with E-state index in [1.165, 1.54) is 11.3 Å². The third kappa shape index (κ3) is 5.39. The van der Waals surface area contributed by atoms with E-state index in [2.05, 4.69) is 80.4 Å². The highest BCUT2D eigenvalue weighted by Gasteiger charge is 2.24. The van der Waals surface area contributed by atoms with Gasteiger partial charge in [-0.3, -0.25) is 4.79 Å². The first-order valence-corrected chi connectivity index (χ1v) is 10.9. The summed E-state index contributed by atoms with van der Waals surface area (Å²) in [6.45, 7) is 11.3. The summed E-state index contributed by atoms with van der Waals surface area (Å²) in [5.74, 6) is 0.109. The largest absolute Gasteiger partial charge is 0.364 e. The summed E-state index contributed by atoms with van der Waals surface area (Å²) >= 11 is 0. The number of rotatable bonds is 7. The van der Waals surface area contributed by atoms with E-state index in [1.54, 1.807) is 0 Å². The lowest BCUT2D eigenvalue weighted by molar-refractivity contribution is 0.0644. The Labute approximate surface area is 175 Å². The van der Waals surface area contributed by atoms with Crippen molar-refractivity contribution >= 4 is 11.6 Å². The van der Waals surface area contributed by atoms with Crippen molar-refractivity contribution in [3.8, 4) is 0 Å². The average molecular weight is 394 g/mol. The SMILES string of the molecule is CC(C)N(C(=O)c1ccc(N(Cc2ccccc2)C2CCNCC2)cc1)C(C)C. The van der Waals surface area contributed by atoms with E-state index in [0.717, 1.165) is 38.0 Å². The molecule has 0 unspecified atom stereocenters. The van der Waals surface area contributed by atoms with Gasteiger partial charge in [-0.05, 0) is 83.5 Å². The smallest absolute Gasteiger partial charge is 0.254 e. The molecule has 3 rings (SSSR count). The van der Waals surface area contributed by atoms with Crippen LogP contribution in [0.15, 0.2) is 54.6 Å². The molecule has 1 aliphatic rings. The summed E-state index contributed by atoms with van der Waals surface area (Å²) in [5.41, 5.74) is 3.27. The Morgan fingerprint density at radius 3 is 2.07 bits per heavy atom. The molecule has 0 bridgehead atoms. The van der Waals surface area contributed by atoms with Crippen molar-refractivity contribution in [2.45, 2.75) is 65.2 Å². The molecule has 2 aromatic rings. The third-order valence-corrected chi connectivity index (χ3v) is 5.74. The number of amides is 1. The Kier molecular flexibility index (Phi) is 7.32. The fourth-order valence-corrected chi connectivity index (χ4v) is 4.34. The normalized spacial score (nSPS) is 15.0. The summed E-state index contributed by atoms with van der Waals surface area (Å²) < 4.78 is 0. The Balaban J connectivity index is 1.83. The molecule has 1 saturated heterocycles. The highest BCUT2D eigenvalue weighted by Crippen LogP contribution is 2.25. The molecule has 1 aliphatic heterocycles. The molecular weight excluding hydrogens is 358 g/mol. The molecule has 1 heterocycles. The molecule has 4 heteroatoms. The molecule has 0 aliphatic carbocycles. The van der Waals surface area contributed by atoms with Crippen LogP contribution in [0.5, 0.6) is 0 Å². The van der Waals surface area contributed by atoms with Crippen LogP contribution < -0.4 is 10.2 Å². The first-order valence-electron chi connectivity index (χ1n) is 10.9. The zero-order valence-corrected chi connectivity index (χ0v) is 18.3. The number of carbonyl (C=O) groups is 1. The first kappa shape index (κ1) is 21.4. The van der Waals surface area contributed by atoms with Crippen LogP contribution in [0.1, 0.15) is 56.5 Å². The zero-order valence-electron chi connectivity index (χ0n) is 18.3. The molecule has 0 saturated carbocycles. The minimum Gasteiger partial charge on any atom is -0.364 e. The molecular formula is C25H35N3O. The van der Waals surface area contributed by atoms with Gasteiger partial charge in [-0.2, -0.15) is 0 Å². The Morgan fingerprint density at radius 2 is 1.52 bits per heavy atom. The van der Waals surface area contributed by atoms with Crippen molar-refractivity contribution in [3.63, 3.8) is 0 Å². The van der Waals surface area contributed by atoms with E-state index in [0.29, 0.717) is 6.04 Å². The number of carbonyl (C=O) groups excluding carboxylic acids is 1. The summed E-state index contributed by atoms with van der Waals surface area (Å²) in [6, 6.07) is 19.8. The van der Waals surface area contributed by atoms with Crippen LogP contribution in [0, 0.1) is 0 Å². The van der Waals surface area contributed by atoms with Crippen LogP contribution in [0.25, 0.3) is 0 Å². The average Bonchev–Trinajstić information content (AvgIpc) is 2.73. The number of nitrogens with one attached hydrogen (secondary N) is 1. The van der Waals surface area contributed by atoms with E-state index in [9.17, 15) is 4.79 Å². The molecule has 1 N–H and O–H groups in total. The number of anilines is 1. The molecule has 0 radical (unpaired) electrons. The van der Waals surface area contributed by atoms with Crippen molar-refractivity contribution in [2.24, 2.45) is 0 Å². The minimum atomic E-state index is 0.109. The molecule has 0 spiro atoms. The number of benzene rings is 2. The fourth-order valence-electron chi connectivity index (χ4n) is 4.34. The lowest BCUT2D eigenvalue weighted by atomic mass is 10.0. The topological polar surface area (TPSA) is 35.6 Å². The van der Waals surface area contributed by atoms with Gasteiger partial charge in [0.15, 0.2) is 0 Å². The quantitative estimate of drug-likeness (QED) is 0.740. The van der Waals surface area contributed by atoms with E-state index in [1.807, 2.05) is 17.0 Å². The second-order valence-electron chi connectivity index (χ2n) is 8.54. The zero-order chi connectivity index (χ0) is 20.8. The maximum absolute atomic E-state index is 13.0. The number of piperidine rings is 1. The second kappa shape index (κ2) is 9.93. The molecule has 2 aromatic carbocycles. The van der Waals surface area contributed by atoms with E-state index in [-0.39, 0.29) is 18.0 Å². The third-order valence-electron chi connectivity index (χ3n) is 5.74. The summed E-state index contributed by atoms with van der Waals surface area (Å²) in [6.07, 6.45) is 2.28. The highest BCUT2D eigenvalue weighted by molar-refractivity contribution is 5.95. The minimum absolute atomic E-state index is 0.109. The van der Waals surface area contributed by atoms with Crippen LogP contribution in [-0.2, 0) is 6.54 Å². The van der Waals surface area contributed by atoms with Gasteiger partial charge in [-0.25, -0.2) is 0 Å². The molecule has 0 atom stereocenters. The molecule has 4 nitrogen and oxygen atoms in total. The van der Waals surface area contributed by atoms with Gasteiger partial charge in [-0.1, -0.05) is 30.3 Å². The van der Waals surface area contributed by atoms with Gasteiger partial charge in [-0.15, -0.1) is 0 Å². The maximum atomic E-state index is 13.0. The Hall–Kier alpha value is -2.33. The van der Waals surface area contributed by atoms with Crippen LogP contribution in [0.3, 0.4) is 0 Å². The van der Waals surface area contributed by atoms with Gasteiger partial charge in [0.2, 0.25) is 0 Å². The van der Waals surface area contributed by atoms with Gasteiger partial charge < -0.3 is 15.1 Å². The van der Waals surface area contributed by atoms with Crippen LogP contribution in [0.2, 0.25) is 0 Å². The van der Waals surface area contributed by atoms with Gasteiger partial charge in [0.05, 0.1) is 0 Å². The fraction of sp³-hybridized carbons (Fsp3) is 0.480. The molecule has 29 heavy (non-hydrogen) atoms. The van der Waals surface area contributed by atoms with Gasteiger partial charge in [0, 0.05) is 35.9 Å². The van der Waals surface area contributed by atoms with Gasteiger partial charge >= 0.3 is 0 Å². The van der Waals surface area contributed by atoms with Crippen LogP contribution >= 0.6 is 0 Å². The number of hydrogen-bond acceptors (Lipinski definition) is 3. The Bertz CT molecular complexity index is 756. The van der Waals surface area contributed by atoms with Crippen molar-refractivity contribution in [2.75, 3.05) is 18.0 Å². The van der Waals surface area contributed by atoms with Gasteiger partial charge in [0.25, 0.3) is 5.91 Å². The van der Waals surface area contributed by atoms with Crippen LogP contribution in [-0.4, -0.2) is 42.0 Å². The number of hydrogen-bond donors (Lipinski definition) is 1. The van der Waals surface area contributed by atoms with Crippen molar-refractivity contribution in [1.82, 2.24) is 10.2 Å². The first-order chi connectivity index (χ1) is 14.0. The van der Waals surface area contributed by atoms with Crippen molar-refractivity contribution < 1.29 is 4.79 Å². The monoisotopic (exact) mass is 393 g/mol. The lowest BCUT2D eigenvalue weighted by Gasteiger charge is -2.37. The highest BCUT2D eigenvalue weighted by atomic mass is 16.2. The lowest BCUT2D eigenvalue weighted by Crippen LogP contribution is -2.43. The summed E-state index contributed by atoms with van der Waals surface area (Å²) in [5, 5.41) is 3.47. The second-order valence-corrected chi connectivity index (χ2v) is 8.54. The van der Waals surface area contributed by atoms with E-state index < -0.39 is 0 Å². The molecule has 156 valence electrons. The summed E-state index contributed by atoms with van der Waals surface area (Å²) in [7, 11) is 0.